The van der Waals surface area contributed by atoms with Gasteiger partial charge in [0, 0.05) is 19.3 Å². The van der Waals surface area contributed by atoms with Crippen molar-refractivity contribution in [1.82, 2.24) is 0 Å². The first-order valence-electron chi connectivity index (χ1n) is 25.9. The van der Waals surface area contributed by atoms with Crippen molar-refractivity contribution in [2.75, 3.05) is 13.2 Å². The number of hydrogen-bond acceptors (Lipinski definition) is 6. The maximum absolute atomic E-state index is 12.8. The summed E-state index contributed by atoms with van der Waals surface area (Å²) in [5.74, 6) is -0.898. The first-order chi connectivity index (χ1) is 30.0. The van der Waals surface area contributed by atoms with Gasteiger partial charge in [-0.1, -0.05) is 255 Å². The molecule has 0 fully saturated rings. The smallest absolute Gasteiger partial charge is 0.306 e. The lowest BCUT2D eigenvalue weighted by Gasteiger charge is -2.18. The summed E-state index contributed by atoms with van der Waals surface area (Å²) in [6.45, 7) is 6.53. The Hall–Kier alpha value is -2.89. The van der Waals surface area contributed by atoms with Gasteiger partial charge in [-0.3, -0.25) is 14.4 Å². The van der Waals surface area contributed by atoms with Crippen LogP contribution in [0.3, 0.4) is 0 Å². The monoisotopic (exact) mass is 853 g/mol. The lowest BCUT2D eigenvalue weighted by molar-refractivity contribution is -0.167. The number of carbonyl (C=O) groups excluding carboxylic acids is 3. The second kappa shape index (κ2) is 49.8. The summed E-state index contributed by atoms with van der Waals surface area (Å²) in [6, 6.07) is 0. The number of ether oxygens (including phenoxy) is 3. The molecule has 0 amide bonds. The zero-order valence-corrected chi connectivity index (χ0v) is 40.2. The van der Waals surface area contributed by atoms with E-state index in [0.29, 0.717) is 19.3 Å². The van der Waals surface area contributed by atoms with E-state index in [0.717, 1.165) is 83.5 Å². The molecule has 0 spiro atoms. The molecule has 0 aliphatic heterocycles. The molecule has 0 aromatic rings. The van der Waals surface area contributed by atoms with Gasteiger partial charge in [-0.05, 0) is 38.5 Å². The standard InChI is InChI=1S/C55H96O6/c1-4-7-10-13-16-19-22-25-26-27-28-29-31-33-36-39-42-45-48-54(57)60-51-52(50-59-53(56)47-44-41-38-35-32-24-21-18-15-12-9-6-3)61-55(58)49-46-43-40-37-34-30-23-20-17-14-11-8-5-2/h10,13,16,19,22,25-29,52H,4-9,11-12,14-15,17-18,20-21,23-24,30-51H2,1-3H3/b13-10-,19-16-,25-22-,27-26-,29-28-. The number of rotatable bonds is 46. The van der Waals surface area contributed by atoms with Crippen molar-refractivity contribution in [3.8, 4) is 0 Å². The maximum atomic E-state index is 12.8. The van der Waals surface area contributed by atoms with Crippen LogP contribution in [0.1, 0.15) is 252 Å². The van der Waals surface area contributed by atoms with Gasteiger partial charge >= 0.3 is 17.9 Å². The quantitative estimate of drug-likeness (QED) is 0.0263. The van der Waals surface area contributed by atoms with Gasteiger partial charge in [0.2, 0.25) is 0 Å². The number of carbonyl (C=O) groups is 3. The van der Waals surface area contributed by atoms with Crippen LogP contribution in [-0.4, -0.2) is 37.2 Å². The second-order valence-electron chi connectivity index (χ2n) is 17.2. The molecular weight excluding hydrogens is 757 g/mol. The minimum absolute atomic E-state index is 0.0794. The van der Waals surface area contributed by atoms with E-state index < -0.39 is 6.10 Å². The van der Waals surface area contributed by atoms with Crippen molar-refractivity contribution in [3.63, 3.8) is 0 Å². The van der Waals surface area contributed by atoms with E-state index in [2.05, 4.69) is 57.2 Å². The molecule has 0 saturated heterocycles. The van der Waals surface area contributed by atoms with Gasteiger partial charge in [0.25, 0.3) is 0 Å². The predicted octanol–water partition coefficient (Wildman–Crippen LogP) is 16.9. The molecule has 0 aliphatic carbocycles. The number of hydrogen-bond donors (Lipinski definition) is 0. The Bertz CT molecular complexity index is 1120. The van der Waals surface area contributed by atoms with Gasteiger partial charge in [0.1, 0.15) is 13.2 Å². The average molecular weight is 853 g/mol. The van der Waals surface area contributed by atoms with Crippen molar-refractivity contribution in [2.24, 2.45) is 0 Å². The molecule has 0 saturated carbocycles. The van der Waals surface area contributed by atoms with Crippen LogP contribution in [0, 0.1) is 0 Å². The summed E-state index contributed by atoms with van der Waals surface area (Å²) in [5.41, 5.74) is 0. The molecule has 0 bridgehead atoms. The van der Waals surface area contributed by atoms with Crippen molar-refractivity contribution in [3.05, 3.63) is 60.8 Å². The van der Waals surface area contributed by atoms with E-state index in [-0.39, 0.29) is 31.1 Å². The van der Waals surface area contributed by atoms with E-state index in [1.807, 2.05) is 24.3 Å². The van der Waals surface area contributed by atoms with Crippen LogP contribution in [0.5, 0.6) is 0 Å². The second-order valence-corrected chi connectivity index (χ2v) is 17.2. The van der Waals surface area contributed by atoms with Crippen LogP contribution in [0.2, 0.25) is 0 Å². The highest BCUT2D eigenvalue weighted by Gasteiger charge is 2.19. The van der Waals surface area contributed by atoms with E-state index in [1.54, 1.807) is 0 Å². The van der Waals surface area contributed by atoms with Crippen LogP contribution < -0.4 is 0 Å². The molecule has 0 radical (unpaired) electrons. The van der Waals surface area contributed by atoms with E-state index in [4.69, 9.17) is 14.2 Å². The van der Waals surface area contributed by atoms with Crippen molar-refractivity contribution in [1.29, 1.82) is 0 Å². The molecule has 0 aromatic heterocycles. The van der Waals surface area contributed by atoms with E-state index >= 15 is 0 Å². The van der Waals surface area contributed by atoms with Crippen molar-refractivity contribution >= 4 is 17.9 Å². The fourth-order valence-electron chi connectivity index (χ4n) is 7.24. The fraction of sp³-hybridized carbons (Fsp3) is 0.764. The van der Waals surface area contributed by atoms with Crippen LogP contribution in [-0.2, 0) is 28.6 Å². The third kappa shape index (κ3) is 48.0. The predicted molar refractivity (Wildman–Crippen MR) is 261 cm³/mol. The third-order valence-corrected chi connectivity index (χ3v) is 11.1. The zero-order valence-electron chi connectivity index (χ0n) is 40.2. The fourth-order valence-corrected chi connectivity index (χ4v) is 7.24. The lowest BCUT2D eigenvalue weighted by atomic mass is 10.0. The van der Waals surface area contributed by atoms with Gasteiger partial charge in [-0.2, -0.15) is 0 Å². The Balaban J connectivity index is 4.41. The third-order valence-electron chi connectivity index (χ3n) is 11.1. The Kier molecular flexibility index (Phi) is 47.4. The summed E-state index contributed by atoms with van der Waals surface area (Å²) in [6.07, 6.45) is 60.5. The Morgan fingerprint density at radius 3 is 0.984 bits per heavy atom. The van der Waals surface area contributed by atoms with Gasteiger partial charge in [0.05, 0.1) is 0 Å². The van der Waals surface area contributed by atoms with Crippen molar-refractivity contribution < 1.29 is 28.6 Å². The molecule has 0 rings (SSSR count). The van der Waals surface area contributed by atoms with Gasteiger partial charge < -0.3 is 14.2 Å². The number of allylic oxidation sites excluding steroid dienone is 10. The Morgan fingerprint density at radius 1 is 0.328 bits per heavy atom. The maximum Gasteiger partial charge on any atom is 0.306 e. The van der Waals surface area contributed by atoms with E-state index in [1.165, 1.54) is 128 Å². The molecule has 0 aliphatic rings. The molecule has 352 valence electrons. The van der Waals surface area contributed by atoms with Crippen LogP contribution in [0.4, 0.5) is 0 Å². The first-order valence-corrected chi connectivity index (χ1v) is 25.9. The van der Waals surface area contributed by atoms with Gasteiger partial charge in [0.15, 0.2) is 6.10 Å². The highest BCUT2D eigenvalue weighted by Crippen LogP contribution is 2.15. The van der Waals surface area contributed by atoms with Crippen LogP contribution in [0.15, 0.2) is 60.8 Å². The molecule has 1 atom stereocenters. The Labute approximate surface area is 377 Å². The summed E-state index contributed by atoms with van der Waals surface area (Å²) in [7, 11) is 0. The topological polar surface area (TPSA) is 78.9 Å². The average Bonchev–Trinajstić information content (AvgIpc) is 3.26. The molecule has 0 heterocycles. The molecule has 0 aromatic carbocycles. The highest BCUT2D eigenvalue weighted by molar-refractivity contribution is 5.71. The van der Waals surface area contributed by atoms with Gasteiger partial charge in [-0.25, -0.2) is 0 Å². The lowest BCUT2D eigenvalue weighted by Crippen LogP contribution is -2.30. The molecule has 0 N–H and O–H groups in total. The summed E-state index contributed by atoms with van der Waals surface area (Å²) >= 11 is 0. The summed E-state index contributed by atoms with van der Waals surface area (Å²) in [4.78, 5) is 37.9. The summed E-state index contributed by atoms with van der Waals surface area (Å²) in [5, 5.41) is 0. The molecule has 1 unspecified atom stereocenters. The zero-order chi connectivity index (χ0) is 44.4. The number of unbranched alkanes of at least 4 members (excludes halogenated alkanes) is 29. The minimum atomic E-state index is -0.780. The van der Waals surface area contributed by atoms with Gasteiger partial charge in [-0.15, -0.1) is 0 Å². The first kappa shape index (κ1) is 58.1. The molecule has 6 nitrogen and oxygen atoms in total. The number of esters is 3. The normalized spacial score (nSPS) is 12.5. The SMILES string of the molecule is CCC\C=C/C=C\C=C/C=C\C=C/CCCCCCCC(=O)OCC(COC(=O)CCCCCCCCCCCCCC)OC(=O)CCCCCCCCCCCCCCC. The van der Waals surface area contributed by atoms with Crippen LogP contribution in [0.25, 0.3) is 0 Å². The summed E-state index contributed by atoms with van der Waals surface area (Å²) < 4.78 is 16.8. The van der Waals surface area contributed by atoms with Crippen molar-refractivity contribution in [2.45, 2.75) is 258 Å². The molecule has 6 heteroatoms. The highest BCUT2D eigenvalue weighted by atomic mass is 16.6. The van der Waals surface area contributed by atoms with E-state index in [9.17, 15) is 14.4 Å². The molecule has 61 heavy (non-hydrogen) atoms. The van der Waals surface area contributed by atoms with Crippen LogP contribution >= 0.6 is 0 Å². The minimum Gasteiger partial charge on any atom is -0.462 e. The Morgan fingerprint density at radius 2 is 0.623 bits per heavy atom. The molecular formula is C55H96O6. The largest absolute Gasteiger partial charge is 0.462 e.